The lowest BCUT2D eigenvalue weighted by atomic mass is 9.96. The van der Waals surface area contributed by atoms with Crippen LogP contribution in [0.25, 0.3) is 28.5 Å². The van der Waals surface area contributed by atoms with Gasteiger partial charge in [0.05, 0.1) is 17.9 Å². The molecule has 5 rings (SSSR count). The fraction of sp³-hybridized carbons (Fsp3) is 0.111. The van der Waals surface area contributed by atoms with Gasteiger partial charge in [-0.05, 0) is 67.7 Å². The average Bonchev–Trinajstić information content (AvgIpc) is 3.33. The Labute approximate surface area is 296 Å². The van der Waals surface area contributed by atoms with E-state index in [9.17, 15) is 0 Å². The van der Waals surface area contributed by atoms with Crippen LogP contribution in [-0.2, 0) is 6.54 Å². The molecule has 0 atom stereocenters. The standard InChI is InChI=1S/C45H43N5/c1-8-10-15-34(9-2)44(46)50-45(38-16-12-11-13-17-38)49-33(7)39-18-14-19-40(28-39)36-24-22-35(23-25-36)32(6)48-43-41(30(3)4)27-26-37-21-20-31(5)47-29-42(37)43/h8-28H,2-3,7,29H2,1,4-6H3,(H2,46,49,50)/b10-8-,34-15+,48-32+. The zero-order valence-electron chi connectivity index (χ0n) is 29.3. The van der Waals surface area contributed by atoms with Crippen LogP contribution in [0.5, 0.6) is 0 Å². The third kappa shape index (κ3) is 8.44. The van der Waals surface area contributed by atoms with E-state index in [1.807, 2.05) is 88.4 Å². The molecule has 0 aliphatic carbocycles. The van der Waals surface area contributed by atoms with Gasteiger partial charge in [0, 0.05) is 39.3 Å². The molecule has 0 fully saturated rings. The summed E-state index contributed by atoms with van der Waals surface area (Å²) in [6.07, 6.45) is 11.5. The quantitative estimate of drug-likeness (QED) is 0.103. The molecule has 1 aliphatic heterocycles. The summed E-state index contributed by atoms with van der Waals surface area (Å²) in [5.41, 5.74) is 19.7. The minimum Gasteiger partial charge on any atom is -0.383 e. The third-order valence-corrected chi connectivity index (χ3v) is 8.36. The average molecular weight is 654 g/mol. The van der Waals surface area contributed by atoms with E-state index in [1.165, 1.54) is 0 Å². The Hall–Kier alpha value is -6.20. The van der Waals surface area contributed by atoms with Crippen LogP contribution in [0.4, 0.5) is 5.69 Å². The van der Waals surface area contributed by atoms with Gasteiger partial charge < -0.3 is 5.73 Å². The first kappa shape index (κ1) is 35.1. The molecule has 0 amide bonds. The van der Waals surface area contributed by atoms with Crippen molar-refractivity contribution in [2.75, 3.05) is 0 Å². The van der Waals surface area contributed by atoms with Gasteiger partial charge in [-0.3, -0.25) is 9.98 Å². The maximum absolute atomic E-state index is 6.41. The van der Waals surface area contributed by atoms with E-state index in [2.05, 4.69) is 80.4 Å². The Morgan fingerprint density at radius 2 is 1.56 bits per heavy atom. The van der Waals surface area contributed by atoms with Crippen molar-refractivity contribution in [1.82, 2.24) is 0 Å². The van der Waals surface area contributed by atoms with E-state index in [0.29, 0.717) is 29.5 Å². The minimum atomic E-state index is 0.320. The lowest BCUT2D eigenvalue weighted by Crippen LogP contribution is -2.16. The molecular weight excluding hydrogens is 611 g/mol. The van der Waals surface area contributed by atoms with Gasteiger partial charge in [0.2, 0.25) is 0 Å². The van der Waals surface area contributed by atoms with E-state index in [0.717, 1.165) is 67.2 Å². The van der Waals surface area contributed by atoms with Gasteiger partial charge in [0.15, 0.2) is 5.84 Å². The number of nitrogens with zero attached hydrogens (tertiary/aromatic N) is 4. The van der Waals surface area contributed by atoms with Crippen LogP contribution in [0.1, 0.15) is 61.1 Å². The van der Waals surface area contributed by atoms with Crippen molar-refractivity contribution < 1.29 is 0 Å². The number of amidine groups is 2. The summed E-state index contributed by atoms with van der Waals surface area (Å²) in [6.45, 7) is 21.0. The molecule has 0 aromatic heterocycles. The van der Waals surface area contributed by atoms with Crippen molar-refractivity contribution in [3.8, 4) is 11.1 Å². The molecule has 0 radical (unpaired) electrons. The fourth-order valence-corrected chi connectivity index (χ4v) is 5.50. The molecule has 0 spiro atoms. The van der Waals surface area contributed by atoms with E-state index in [4.69, 9.17) is 25.7 Å². The van der Waals surface area contributed by atoms with E-state index in [1.54, 1.807) is 6.08 Å². The number of benzene rings is 4. The predicted octanol–water partition coefficient (Wildman–Crippen LogP) is 11.0. The zero-order valence-corrected chi connectivity index (χ0v) is 29.3. The van der Waals surface area contributed by atoms with Crippen LogP contribution in [0.15, 0.2) is 167 Å². The lowest BCUT2D eigenvalue weighted by molar-refractivity contribution is 1.06. The molecule has 4 aromatic rings. The summed E-state index contributed by atoms with van der Waals surface area (Å²) in [4.78, 5) is 19.5. The SMILES string of the molecule is C=CC(=C\C=C/C)/C(N)=N/C(=N\C(=C)c1cccc(-c2ccc(/C(C)=N/c3c(C(=C)C)ccc4c3CN=C(C)C=C4)cc2)c1)c1ccccc1. The highest BCUT2D eigenvalue weighted by Crippen LogP contribution is 2.35. The molecule has 4 aromatic carbocycles. The topological polar surface area (TPSA) is 75.5 Å². The van der Waals surface area contributed by atoms with Gasteiger partial charge >= 0.3 is 0 Å². The Kier molecular flexibility index (Phi) is 11.4. The number of fused-ring (bicyclic) bond motifs is 1. The molecule has 2 N–H and O–H groups in total. The van der Waals surface area contributed by atoms with Gasteiger partial charge in [-0.15, -0.1) is 0 Å². The molecule has 248 valence electrons. The molecule has 0 unspecified atom stereocenters. The first-order valence-corrected chi connectivity index (χ1v) is 16.6. The third-order valence-electron chi connectivity index (χ3n) is 8.36. The molecular formula is C45H43N5. The summed E-state index contributed by atoms with van der Waals surface area (Å²) < 4.78 is 0. The Bertz CT molecular complexity index is 2150. The summed E-state index contributed by atoms with van der Waals surface area (Å²) in [5.74, 6) is 0.786. The predicted molar refractivity (Wildman–Crippen MR) is 217 cm³/mol. The van der Waals surface area contributed by atoms with Crippen molar-refractivity contribution in [2.24, 2.45) is 25.7 Å². The lowest BCUT2D eigenvalue weighted by Gasteiger charge is -2.14. The van der Waals surface area contributed by atoms with Crippen LogP contribution in [0.2, 0.25) is 0 Å². The molecule has 50 heavy (non-hydrogen) atoms. The number of rotatable bonds is 10. The highest BCUT2D eigenvalue weighted by Gasteiger charge is 2.15. The molecule has 0 bridgehead atoms. The summed E-state index contributed by atoms with van der Waals surface area (Å²) >= 11 is 0. The molecule has 5 nitrogen and oxygen atoms in total. The van der Waals surface area contributed by atoms with Crippen molar-refractivity contribution in [3.63, 3.8) is 0 Å². The fourth-order valence-electron chi connectivity index (χ4n) is 5.50. The first-order chi connectivity index (χ1) is 24.2. The number of hydrogen-bond donors (Lipinski definition) is 1. The maximum atomic E-state index is 6.41. The number of hydrogen-bond acceptors (Lipinski definition) is 3. The number of allylic oxidation sites excluding steroid dienone is 5. The van der Waals surface area contributed by atoms with Crippen LogP contribution < -0.4 is 5.73 Å². The van der Waals surface area contributed by atoms with E-state index >= 15 is 0 Å². The van der Waals surface area contributed by atoms with E-state index < -0.39 is 0 Å². The van der Waals surface area contributed by atoms with Crippen LogP contribution in [0.3, 0.4) is 0 Å². The highest BCUT2D eigenvalue weighted by atomic mass is 15.0. The molecule has 0 saturated carbocycles. The van der Waals surface area contributed by atoms with Gasteiger partial charge in [0.1, 0.15) is 5.84 Å². The van der Waals surface area contributed by atoms with Gasteiger partial charge in [-0.1, -0.05) is 135 Å². The highest BCUT2D eigenvalue weighted by molar-refractivity contribution is 6.13. The zero-order chi connectivity index (χ0) is 35.6. The molecule has 5 heteroatoms. The molecule has 1 heterocycles. The Morgan fingerprint density at radius 3 is 2.26 bits per heavy atom. The summed E-state index contributed by atoms with van der Waals surface area (Å²) in [7, 11) is 0. The number of aliphatic imine (C=N–C) groups is 4. The van der Waals surface area contributed by atoms with Crippen molar-refractivity contribution in [2.45, 2.75) is 34.2 Å². The smallest absolute Gasteiger partial charge is 0.162 e. The van der Waals surface area contributed by atoms with Gasteiger partial charge in [-0.25, -0.2) is 9.98 Å². The Balaban J connectivity index is 1.45. The largest absolute Gasteiger partial charge is 0.383 e. The Morgan fingerprint density at radius 1 is 0.820 bits per heavy atom. The van der Waals surface area contributed by atoms with Crippen LogP contribution in [0, 0.1) is 0 Å². The first-order valence-electron chi connectivity index (χ1n) is 16.6. The summed E-state index contributed by atoms with van der Waals surface area (Å²) in [5, 5.41) is 0. The van der Waals surface area contributed by atoms with Gasteiger partial charge in [0.25, 0.3) is 0 Å². The van der Waals surface area contributed by atoms with Crippen molar-refractivity contribution >= 4 is 46.1 Å². The maximum Gasteiger partial charge on any atom is 0.162 e. The second-order valence-electron chi connectivity index (χ2n) is 12.1. The van der Waals surface area contributed by atoms with Crippen LogP contribution >= 0.6 is 0 Å². The van der Waals surface area contributed by atoms with E-state index in [-0.39, 0.29) is 0 Å². The molecule has 0 saturated heterocycles. The second kappa shape index (κ2) is 16.3. The van der Waals surface area contributed by atoms with Crippen LogP contribution in [-0.4, -0.2) is 23.1 Å². The van der Waals surface area contributed by atoms with Gasteiger partial charge in [-0.2, -0.15) is 0 Å². The summed E-state index contributed by atoms with van der Waals surface area (Å²) in [6, 6.07) is 30.6. The second-order valence-corrected chi connectivity index (χ2v) is 12.1. The van der Waals surface area contributed by atoms with Crippen molar-refractivity contribution in [3.05, 3.63) is 180 Å². The number of nitrogens with two attached hydrogens (primary N) is 1. The normalized spacial score (nSPS) is 13.9. The minimum absolute atomic E-state index is 0.320. The molecule has 1 aliphatic rings. The van der Waals surface area contributed by atoms with Crippen molar-refractivity contribution in [1.29, 1.82) is 0 Å². The monoisotopic (exact) mass is 653 g/mol.